The van der Waals surface area contributed by atoms with Crippen LogP contribution in [0.5, 0.6) is 0 Å². The number of rotatable bonds is 4. The van der Waals surface area contributed by atoms with Gasteiger partial charge in [-0.15, -0.1) is 0 Å². The maximum Gasteiger partial charge on any atom is 0.336 e. The lowest BCUT2D eigenvalue weighted by molar-refractivity contribution is 0.0692. The zero-order chi connectivity index (χ0) is 14.7. The van der Waals surface area contributed by atoms with Crippen molar-refractivity contribution in [3.05, 3.63) is 70.8 Å². The summed E-state index contributed by atoms with van der Waals surface area (Å²) in [6, 6.07) is 12.8. The zero-order valence-corrected chi connectivity index (χ0v) is 10.9. The lowest BCUT2D eigenvalue weighted by Crippen LogP contribution is -2.11. The summed E-state index contributed by atoms with van der Waals surface area (Å²) in [4.78, 5) is 23.6. The first-order valence-electron chi connectivity index (χ1n) is 6.15. The molecule has 4 nitrogen and oxygen atoms in total. The summed E-state index contributed by atoms with van der Waals surface area (Å²) in [6.45, 7) is 1.54. The Morgan fingerprint density at radius 3 is 2.20 bits per heavy atom. The van der Waals surface area contributed by atoms with E-state index in [0.717, 1.165) is 0 Å². The second kappa shape index (κ2) is 5.67. The average molecular weight is 270 g/mol. The molecule has 4 heteroatoms. The van der Waals surface area contributed by atoms with Crippen LogP contribution in [0.2, 0.25) is 0 Å². The fraction of sp³-hybridized carbons (Fsp3) is 0.125. The van der Waals surface area contributed by atoms with Crippen LogP contribution in [-0.4, -0.2) is 22.0 Å². The number of aliphatic hydroxyl groups is 1. The maximum atomic E-state index is 12.3. The van der Waals surface area contributed by atoms with Crippen molar-refractivity contribution < 1.29 is 19.8 Å². The number of carbonyl (C=O) groups excluding carboxylic acids is 1. The van der Waals surface area contributed by atoms with Gasteiger partial charge < -0.3 is 10.2 Å². The largest absolute Gasteiger partial charge is 0.478 e. The summed E-state index contributed by atoms with van der Waals surface area (Å²) in [6.07, 6.45) is -0.783. The quantitative estimate of drug-likeness (QED) is 0.837. The molecule has 1 unspecified atom stereocenters. The Bertz CT molecular complexity index is 645. The molecule has 2 N–H and O–H groups in total. The molecule has 0 amide bonds. The second-order valence-electron chi connectivity index (χ2n) is 4.48. The molecule has 20 heavy (non-hydrogen) atoms. The van der Waals surface area contributed by atoms with Crippen LogP contribution >= 0.6 is 0 Å². The molecule has 0 aliphatic rings. The van der Waals surface area contributed by atoms with Crippen LogP contribution in [0.1, 0.15) is 44.9 Å². The van der Waals surface area contributed by atoms with Crippen molar-refractivity contribution in [1.29, 1.82) is 0 Å². The number of carboxylic acids is 1. The van der Waals surface area contributed by atoms with Gasteiger partial charge in [0.25, 0.3) is 0 Å². The summed E-state index contributed by atoms with van der Waals surface area (Å²) in [5, 5.41) is 18.7. The number of carbonyl (C=O) groups is 2. The molecule has 0 aromatic heterocycles. The molecule has 0 aliphatic carbocycles. The highest BCUT2D eigenvalue weighted by molar-refractivity contribution is 6.14. The number of aromatic carboxylic acids is 1. The molecule has 2 aromatic carbocycles. The summed E-state index contributed by atoms with van der Waals surface area (Å²) >= 11 is 0. The lowest BCUT2D eigenvalue weighted by Gasteiger charge is -2.10. The maximum absolute atomic E-state index is 12.3. The predicted molar refractivity (Wildman–Crippen MR) is 73.9 cm³/mol. The zero-order valence-electron chi connectivity index (χ0n) is 10.9. The Balaban J connectivity index is 2.51. The molecule has 0 spiro atoms. The fourth-order valence-corrected chi connectivity index (χ4v) is 1.94. The van der Waals surface area contributed by atoms with Crippen molar-refractivity contribution in [3.63, 3.8) is 0 Å². The third-order valence-corrected chi connectivity index (χ3v) is 3.04. The van der Waals surface area contributed by atoms with Crippen molar-refractivity contribution >= 4 is 11.8 Å². The van der Waals surface area contributed by atoms with Gasteiger partial charge in [-0.05, 0) is 24.6 Å². The third-order valence-electron chi connectivity index (χ3n) is 3.04. The highest BCUT2D eigenvalue weighted by atomic mass is 16.4. The van der Waals surface area contributed by atoms with E-state index in [1.165, 1.54) is 12.1 Å². The van der Waals surface area contributed by atoms with E-state index < -0.39 is 12.1 Å². The van der Waals surface area contributed by atoms with Crippen molar-refractivity contribution in [2.24, 2.45) is 0 Å². The summed E-state index contributed by atoms with van der Waals surface area (Å²) in [7, 11) is 0. The molecule has 1 atom stereocenters. The van der Waals surface area contributed by atoms with Gasteiger partial charge in [-0.25, -0.2) is 4.79 Å². The van der Waals surface area contributed by atoms with E-state index in [4.69, 9.17) is 0 Å². The van der Waals surface area contributed by atoms with E-state index >= 15 is 0 Å². The van der Waals surface area contributed by atoms with Gasteiger partial charge in [0.1, 0.15) is 0 Å². The summed E-state index contributed by atoms with van der Waals surface area (Å²) < 4.78 is 0. The Morgan fingerprint density at radius 1 is 1.00 bits per heavy atom. The molecule has 0 fully saturated rings. The molecule has 2 rings (SSSR count). The summed E-state index contributed by atoms with van der Waals surface area (Å²) in [5.41, 5.74) is 0.914. The van der Waals surface area contributed by atoms with Crippen LogP contribution in [-0.2, 0) is 0 Å². The smallest absolute Gasteiger partial charge is 0.336 e. The standard InChI is InChI=1S/C16H14O4/c1-10(17)12-7-8-13(14(9-12)16(19)20)15(18)11-5-3-2-4-6-11/h2-10,17H,1H3,(H,19,20). The normalized spacial score (nSPS) is 11.9. The van der Waals surface area contributed by atoms with Crippen LogP contribution < -0.4 is 0 Å². The second-order valence-corrected chi connectivity index (χ2v) is 4.48. The number of aliphatic hydroxyl groups excluding tert-OH is 1. The molecule has 0 aliphatic heterocycles. The van der Waals surface area contributed by atoms with Gasteiger partial charge in [-0.3, -0.25) is 4.79 Å². The first kappa shape index (κ1) is 14.0. The first-order chi connectivity index (χ1) is 9.50. The minimum Gasteiger partial charge on any atom is -0.478 e. The molecule has 0 saturated carbocycles. The Kier molecular flexibility index (Phi) is 3.96. The van der Waals surface area contributed by atoms with E-state index in [9.17, 15) is 19.8 Å². The van der Waals surface area contributed by atoms with E-state index in [0.29, 0.717) is 11.1 Å². The minimum atomic E-state index is -1.19. The van der Waals surface area contributed by atoms with Crippen LogP contribution in [0.25, 0.3) is 0 Å². The van der Waals surface area contributed by atoms with Crippen molar-refractivity contribution in [1.82, 2.24) is 0 Å². The SMILES string of the molecule is CC(O)c1ccc(C(=O)c2ccccc2)c(C(=O)O)c1. The third kappa shape index (κ3) is 2.75. The Labute approximate surface area is 116 Å². The number of benzene rings is 2. The monoisotopic (exact) mass is 270 g/mol. The van der Waals surface area contributed by atoms with Gasteiger partial charge in [0.15, 0.2) is 5.78 Å². The number of carboxylic acid groups (broad SMARTS) is 1. The fourth-order valence-electron chi connectivity index (χ4n) is 1.94. The van der Waals surface area contributed by atoms with Gasteiger partial charge in [-0.1, -0.05) is 36.4 Å². The van der Waals surface area contributed by atoms with Crippen LogP contribution in [0.15, 0.2) is 48.5 Å². The van der Waals surface area contributed by atoms with Crippen LogP contribution in [0, 0.1) is 0 Å². The van der Waals surface area contributed by atoms with E-state index in [-0.39, 0.29) is 16.9 Å². The molecular weight excluding hydrogens is 256 g/mol. The van der Waals surface area contributed by atoms with E-state index in [2.05, 4.69) is 0 Å². The van der Waals surface area contributed by atoms with Crippen molar-refractivity contribution in [2.75, 3.05) is 0 Å². The Morgan fingerprint density at radius 2 is 1.65 bits per heavy atom. The van der Waals surface area contributed by atoms with Gasteiger partial charge in [-0.2, -0.15) is 0 Å². The number of hydrogen-bond donors (Lipinski definition) is 2. The molecule has 0 radical (unpaired) electrons. The highest BCUT2D eigenvalue weighted by Crippen LogP contribution is 2.20. The molecule has 0 saturated heterocycles. The highest BCUT2D eigenvalue weighted by Gasteiger charge is 2.19. The van der Waals surface area contributed by atoms with E-state index in [1.807, 2.05) is 0 Å². The van der Waals surface area contributed by atoms with Gasteiger partial charge in [0.05, 0.1) is 11.7 Å². The van der Waals surface area contributed by atoms with Gasteiger partial charge in [0.2, 0.25) is 0 Å². The van der Waals surface area contributed by atoms with Crippen LogP contribution in [0.4, 0.5) is 0 Å². The topological polar surface area (TPSA) is 74.6 Å². The molecule has 2 aromatic rings. The molecular formula is C16H14O4. The molecule has 0 bridgehead atoms. The molecule has 102 valence electrons. The Hall–Kier alpha value is -2.46. The van der Waals surface area contributed by atoms with Crippen LogP contribution in [0.3, 0.4) is 0 Å². The van der Waals surface area contributed by atoms with Gasteiger partial charge >= 0.3 is 5.97 Å². The summed E-state index contributed by atoms with van der Waals surface area (Å²) in [5.74, 6) is -1.54. The van der Waals surface area contributed by atoms with E-state index in [1.54, 1.807) is 43.3 Å². The average Bonchev–Trinajstić information content (AvgIpc) is 2.46. The molecule has 0 heterocycles. The number of hydrogen-bond acceptors (Lipinski definition) is 3. The lowest BCUT2D eigenvalue weighted by atomic mass is 9.95. The van der Waals surface area contributed by atoms with Gasteiger partial charge in [0, 0.05) is 11.1 Å². The number of ketones is 1. The predicted octanol–water partition coefficient (Wildman–Crippen LogP) is 2.67. The van der Waals surface area contributed by atoms with Crippen molar-refractivity contribution in [3.8, 4) is 0 Å². The first-order valence-corrected chi connectivity index (χ1v) is 6.15. The minimum absolute atomic E-state index is 0.0998. The van der Waals surface area contributed by atoms with Crippen molar-refractivity contribution in [2.45, 2.75) is 13.0 Å².